The van der Waals surface area contributed by atoms with Crippen LogP contribution in [0.5, 0.6) is 0 Å². The molecule has 1 rings (SSSR count). The van der Waals surface area contributed by atoms with Crippen molar-refractivity contribution in [2.45, 2.75) is 19.9 Å². The standard InChI is InChI=1S/C12H18N2O4/c1-2-5-14(9-12(16)17)8-11(15)13-7-10-4-3-6-18-10/h3-4,6H,2,5,7-9H2,1H3,(H,13,15)(H,16,17). The van der Waals surface area contributed by atoms with Crippen LogP contribution in [0.1, 0.15) is 19.1 Å². The molecule has 0 saturated heterocycles. The molecule has 100 valence electrons. The number of nitrogens with zero attached hydrogens (tertiary/aromatic N) is 1. The van der Waals surface area contributed by atoms with E-state index >= 15 is 0 Å². The fourth-order valence-corrected chi connectivity index (χ4v) is 1.58. The van der Waals surface area contributed by atoms with Crippen molar-refractivity contribution in [2.24, 2.45) is 0 Å². The fourth-order valence-electron chi connectivity index (χ4n) is 1.58. The van der Waals surface area contributed by atoms with Crippen LogP contribution in [0.25, 0.3) is 0 Å². The fraction of sp³-hybridized carbons (Fsp3) is 0.500. The van der Waals surface area contributed by atoms with Crippen LogP contribution in [-0.2, 0) is 16.1 Å². The van der Waals surface area contributed by atoms with Gasteiger partial charge in [-0.25, -0.2) is 0 Å². The smallest absolute Gasteiger partial charge is 0.317 e. The molecule has 1 aromatic heterocycles. The second-order valence-corrected chi connectivity index (χ2v) is 3.96. The summed E-state index contributed by atoms with van der Waals surface area (Å²) < 4.78 is 5.08. The Morgan fingerprint density at radius 2 is 2.22 bits per heavy atom. The van der Waals surface area contributed by atoms with Gasteiger partial charge in [0.25, 0.3) is 0 Å². The molecule has 0 fully saturated rings. The number of carbonyl (C=O) groups excluding carboxylic acids is 1. The Labute approximate surface area is 106 Å². The molecular weight excluding hydrogens is 236 g/mol. The van der Waals surface area contributed by atoms with Gasteiger partial charge in [0.15, 0.2) is 0 Å². The molecule has 0 radical (unpaired) electrons. The van der Waals surface area contributed by atoms with E-state index in [1.54, 1.807) is 17.0 Å². The van der Waals surface area contributed by atoms with Crippen LogP contribution in [0.3, 0.4) is 0 Å². The Morgan fingerprint density at radius 3 is 2.78 bits per heavy atom. The quantitative estimate of drug-likeness (QED) is 0.713. The zero-order valence-corrected chi connectivity index (χ0v) is 10.4. The molecule has 0 saturated carbocycles. The largest absolute Gasteiger partial charge is 0.480 e. The van der Waals surface area contributed by atoms with Crippen LogP contribution in [0.15, 0.2) is 22.8 Å². The number of hydrogen-bond donors (Lipinski definition) is 2. The predicted octanol–water partition coefficient (Wildman–Crippen LogP) is 0.692. The van der Waals surface area contributed by atoms with Crippen molar-refractivity contribution in [3.63, 3.8) is 0 Å². The first-order chi connectivity index (χ1) is 8.61. The molecule has 6 nitrogen and oxygen atoms in total. The molecule has 18 heavy (non-hydrogen) atoms. The maximum Gasteiger partial charge on any atom is 0.317 e. The van der Waals surface area contributed by atoms with Crippen LogP contribution in [0.4, 0.5) is 0 Å². The van der Waals surface area contributed by atoms with Crippen molar-refractivity contribution in [1.82, 2.24) is 10.2 Å². The lowest BCUT2D eigenvalue weighted by Crippen LogP contribution is -2.39. The molecule has 6 heteroatoms. The average molecular weight is 254 g/mol. The van der Waals surface area contributed by atoms with Gasteiger partial charge in [-0.1, -0.05) is 6.92 Å². The van der Waals surface area contributed by atoms with E-state index in [2.05, 4.69) is 5.32 Å². The van der Waals surface area contributed by atoms with Crippen molar-refractivity contribution in [2.75, 3.05) is 19.6 Å². The molecular formula is C12H18N2O4. The summed E-state index contributed by atoms with van der Waals surface area (Å²) in [5.41, 5.74) is 0. The zero-order valence-electron chi connectivity index (χ0n) is 10.4. The lowest BCUT2D eigenvalue weighted by molar-refractivity contribution is -0.138. The summed E-state index contributed by atoms with van der Waals surface area (Å²) in [6.45, 7) is 2.80. The number of amides is 1. The van der Waals surface area contributed by atoms with Crippen molar-refractivity contribution in [1.29, 1.82) is 0 Å². The van der Waals surface area contributed by atoms with E-state index in [0.717, 1.165) is 6.42 Å². The van der Waals surface area contributed by atoms with Crippen LogP contribution in [0.2, 0.25) is 0 Å². The van der Waals surface area contributed by atoms with E-state index < -0.39 is 5.97 Å². The van der Waals surface area contributed by atoms with Gasteiger partial charge in [-0.2, -0.15) is 0 Å². The lowest BCUT2D eigenvalue weighted by atomic mass is 10.3. The number of carboxylic acids is 1. The van der Waals surface area contributed by atoms with Crippen LogP contribution < -0.4 is 5.32 Å². The Morgan fingerprint density at radius 1 is 1.44 bits per heavy atom. The minimum atomic E-state index is -0.928. The summed E-state index contributed by atoms with van der Waals surface area (Å²) in [4.78, 5) is 23.8. The first kappa shape index (κ1) is 14.2. The van der Waals surface area contributed by atoms with Crippen LogP contribution in [0, 0.1) is 0 Å². The number of rotatable bonds is 8. The number of aliphatic carboxylic acids is 1. The lowest BCUT2D eigenvalue weighted by Gasteiger charge is -2.18. The highest BCUT2D eigenvalue weighted by Crippen LogP contribution is 1.98. The molecule has 0 aliphatic rings. The van der Waals surface area contributed by atoms with E-state index in [9.17, 15) is 9.59 Å². The third-order valence-electron chi connectivity index (χ3n) is 2.31. The van der Waals surface area contributed by atoms with E-state index in [1.165, 1.54) is 6.26 Å². The van der Waals surface area contributed by atoms with Crippen molar-refractivity contribution in [3.8, 4) is 0 Å². The van der Waals surface area contributed by atoms with Gasteiger partial charge < -0.3 is 14.8 Å². The number of nitrogens with one attached hydrogen (secondary N) is 1. The minimum absolute atomic E-state index is 0.0842. The topological polar surface area (TPSA) is 82.8 Å². The number of carbonyl (C=O) groups is 2. The van der Waals surface area contributed by atoms with Crippen LogP contribution >= 0.6 is 0 Å². The van der Waals surface area contributed by atoms with Gasteiger partial charge in [0.2, 0.25) is 5.91 Å². The zero-order chi connectivity index (χ0) is 13.4. The Bertz CT molecular complexity index is 375. The monoisotopic (exact) mass is 254 g/mol. The molecule has 1 aromatic rings. The normalized spacial score (nSPS) is 10.6. The van der Waals surface area contributed by atoms with Crippen LogP contribution in [-0.4, -0.2) is 41.5 Å². The Hall–Kier alpha value is -1.82. The third kappa shape index (κ3) is 5.49. The van der Waals surface area contributed by atoms with Gasteiger partial charge in [-0.15, -0.1) is 0 Å². The number of furan rings is 1. The Kier molecular flexibility index (Phi) is 5.93. The Balaban J connectivity index is 2.33. The molecule has 0 spiro atoms. The second-order valence-electron chi connectivity index (χ2n) is 3.96. The summed E-state index contributed by atoms with van der Waals surface area (Å²) in [6, 6.07) is 3.51. The third-order valence-corrected chi connectivity index (χ3v) is 2.31. The summed E-state index contributed by atoms with van der Waals surface area (Å²) in [5, 5.41) is 11.4. The first-order valence-corrected chi connectivity index (χ1v) is 5.85. The van der Waals surface area contributed by atoms with E-state index in [0.29, 0.717) is 18.8 Å². The summed E-state index contributed by atoms with van der Waals surface area (Å²) in [6.07, 6.45) is 2.34. The maximum absolute atomic E-state index is 11.6. The highest BCUT2D eigenvalue weighted by molar-refractivity contribution is 5.78. The highest BCUT2D eigenvalue weighted by atomic mass is 16.4. The molecule has 0 aromatic carbocycles. The molecule has 0 atom stereocenters. The molecule has 2 N–H and O–H groups in total. The van der Waals surface area contributed by atoms with Crippen molar-refractivity contribution >= 4 is 11.9 Å². The number of carboxylic acid groups (broad SMARTS) is 1. The van der Waals surface area contributed by atoms with E-state index in [4.69, 9.17) is 9.52 Å². The van der Waals surface area contributed by atoms with Gasteiger partial charge >= 0.3 is 5.97 Å². The van der Waals surface area contributed by atoms with E-state index in [-0.39, 0.29) is 19.0 Å². The summed E-state index contributed by atoms with van der Waals surface area (Å²) in [5.74, 6) is -0.466. The van der Waals surface area contributed by atoms with Gasteiger partial charge in [0.1, 0.15) is 5.76 Å². The van der Waals surface area contributed by atoms with Gasteiger partial charge in [0.05, 0.1) is 25.9 Å². The molecule has 0 bridgehead atoms. The summed E-state index contributed by atoms with van der Waals surface area (Å²) in [7, 11) is 0. The molecule has 0 unspecified atom stereocenters. The predicted molar refractivity (Wildman–Crippen MR) is 64.9 cm³/mol. The minimum Gasteiger partial charge on any atom is -0.480 e. The van der Waals surface area contributed by atoms with Gasteiger partial charge in [-0.05, 0) is 25.1 Å². The second kappa shape index (κ2) is 7.50. The van der Waals surface area contributed by atoms with Gasteiger partial charge in [0, 0.05) is 0 Å². The van der Waals surface area contributed by atoms with E-state index in [1.807, 2.05) is 6.92 Å². The molecule has 0 aliphatic heterocycles. The van der Waals surface area contributed by atoms with Crippen molar-refractivity contribution < 1.29 is 19.1 Å². The SMILES string of the molecule is CCCN(CC(=O)O)CC(=O)NCc1ccco1. The maximum atomic E-state index is 11.6. The molecule has 1 amide bonds. The molecule has 0 aliphatic carbocycles. The highest BCUT2D eigenvalue weighted by Gasteiger charge is 2.13. The van der Waals surface area contributed by atoms with Crippen molar-refractivity contribution in [3.05, 3.63) is 24.2 Å². The average Bonchev–Trinajstić information content (AvgIpc) is 2.78. The molecule has 1 heterocycles. The summed E-state index contributed by atoms with van der Waals surface area (Å²) >= 11 is 0. The first-order valence-electron chi connectivity index (χ1n) is 5.85. The number of hydrogen-bond acceptors (Lipinski definition) is 4. The van der Waals surface area contributed by atoms with Gasteiger partial charge in [-0.3, -0.25) is 14.5 Å².